The van der Waals surface area contributed by atoms with Gasteiger partial charge in [0.2, 0.25) is 0 Å². The fraction of sp³-hybridized carbons (Fsp3) is 0.375. The van der Waals surface area contributed by atoms with Gasteiger partial charge in [0.1, 0.15) is 0 Å². The third-order valence-electron chi connectivity index (χ3n) is 3.37. The molecule has 2 aromatic rings. The van der Waals surface area contributed by atoms with Crippen molar-refractivity contribution >= 4 is 11.3 Å². The second kappa shape index (κ2) is 6.02. The Morgan fingerprint density at radius 1 is 1.20 bits per heavy atom. The number of hydrogen-bond donors (Lipinski definition) is 1. The van der Waals surface area contributed by atoms with E-state index in [1.54, 1.807) is 29.5 Å². The Bertz CT molecular complexity index is 563. The Morgan fingerprint density at radius 2 is 1.85 bits per heavy atom. The van der Waals surface area contributed by atoms with E-state index in [4.69, 9.17) is 0 Å². The zero-order valence-corrected chi connectivity index (χ0v) is 12.7. The molecule has 1 aromatic heterocycles. The lowest BCUT2D eigenvalue weighted by Crippen LogP contribution is -2.32. The van der Waals surface area contributed by atoms with Gasteiger partial charge in [-0.15, -0.1) is 11.3 Å². The van der Waals surface area contributed by atoms with Gasteiger partial charge in [0.25, 0.3) is 5.92 Å². The van der Waals surface area contributed by atoms with Gasteiger partial charge in [0.05, 0.1) is 6.54 Å². The van der Waals surface area contributed by atoms with Crippen LogP contribution in [0.2, 0.25) is 0 Å². The predicted molar refractivity (Wildman–Crippen MR) is 80.5 cm³/mol. The Hall–Kier alpha value is -1.26. The molecule has 0 spiro atoms. The highest BCUT2D eigenvalue weighted by atomic mass is 32.1. The topological polar surface area (TPSA) is 12.0 Å². The van der Waals surface area contributed by atoms with E-state index in [-0.39, 0.29) is 18.2 Å². The Morgan fingerprint density at radius 3 is 2.40 bits per heavy atom. The third kappa shape index (κ3) is 3.44. The van der Waals surface area contributed by atoms with Gasteiger partial charge in [-0.25, -0.2) is 0 Å². The fourth-order valence-electron chi connectivity index (χ4n) is 2.26. The standard InChI is InChI=1S/C16H19F2NS/c1-11-9-15(13(3)20-11)12(2)19-10-16(17,18)14-7-5-4-6-8-14/h4-9,12,19H,10H2,1-3H3. The van der Waals surface area contributed by atoms with Crippen molar-refractivity contribution in [3.8, 4) is 0 Å². The quantitative estimate of drug-likeness (QED) is 0.835. The Balaban J connectivity index is 2.03. The molecule has 0 aliphatic carbocycles. The van der Waals surface area contributed by atoms with Gasteiger partial charge in [-0.3, -0.25) is 0 Å². The molecule has 0 amide bonds. The number of aryl methyl sites for hydroxylation is 2. The van der Waals surface area contributed by atoms with Crippen LogP contribution >= 0.6 is 11.3 Å². The average molecular weight is 295 g/mol. The van der Waals surface area contributed by atoms with Crippen LogP contribution in [0.15, 0.2) is 36.4 Å². The zero-order valence-electron chi connectivity index (χ0n) is 11.9. The van der Waals surface area contributed by atoms with Crippen molar-refractivity contribution in [2.75, 3.05) is 6.54 Å². The van der Waals surface area contributed by atoms with Gasteiger partial charge in [-0.05, 0) is 32.4 Å². The lowest BCUT2D eigenvalue weighted by atomic mass is 10.1. The maximum absolute atomic E-state index is 14.1. The van der Waals surface area contributed by atoms with Gasteiger partial charge in [0.15, 0.2) is 0 Å². The number of nitrogens with one attached hydrogen (secondary N) is 1. The molecule has 108 valence electrons. The highest BCUT2D eigenvalue weighted by molar-refractivity contribution is 7.12. The van der Waals surface area contributed by atoms with Gasteiger partial charge in [-0.1, -0.05) is 30.3 Å². The number of rotatable bonds is 5. The highest BCUT2D eigenvalue weighted by Gasteiger charge is 2.31. The molecule has 0 fully saturated rings. The van der Waals surface area contributed by atoms with Crippen LogP contribution in [0.5, 0.6) is 0 Å². The highest BCUT2D eigenvalue weighted by Crippen LogP contribution is 2.30. The summed E-state index contributed by atoms with van der Waals surface area (Å²) in [6.45, 7) is 5.63. The van der Waals surface area contributed by atoms with Crippen molar-refractivity contribution in [2.45, 2.75) is 32.7 Å². The monoisotopic (exact) mass is 295 g/mol. The number of thiophene rings is 1. The van der Waals surface area contributed by atoms with E-state index in [0.29, 0.717) is 0 Å². The summed E-state index contributed by atoms with van der Waals surface area (Å²) in [5, 5.41) is 2.95. The molecule has 0 aliphatic rings. The van der Waals surface area contributed by atoms with Crippen LogP contribution in [0.1, 0.15) is 33.8 Å². The predicted octanol–water partition coefficient (Wildman–Crippen LogP) is 4.81. The van der Waals surface area contributed by atoms with E-state index >= 15 is 0 Å². The van der Waals surface area contributed by atoms with Crippen LogP contribution in [-0.4, -0.2) is 6.54 Å². The molecule has 0 saturated heterocycles. The minimum Gasteiger partial charge on any atom is -0.304 e. The summed E-state index contributed by atoms with van der Waals surface area (Å²) in [6.07, 6.45) is 0. The molecule has 0 aliphatic heterocycles. The van der Waals surface area contributed by atoms with E-state index in [2.05, 4.69) is 11.4 Å². The van der Waals surface area contributed by atoms with Gasteiger partial charge in [0, 0.05) is 21.4 Å². The third-order valence-corrected chi connectivity index (χ3v) is 4.35. The molecule has 1 nitrogen and oxygen atoms in total. The van der Waals surface area contributed by atoms with Crippen molar-refractivity contribution in [1.29, 1.82) is 0 Å². The number of benzene rings is 1. The zero-order chi connectivity index (χ0) is 14.8. The molecule has 1 atom stereocenters. The Labute approximate surface area is 122 Å². The molecule has 2 rings (SSSR count). The SMILES string of the molecule is Cc1cc(C(C)NCC(F)(F)c2ccccc2)c(C)s1. The minimum absolute atomic E-state index is 0.0536. The van der Waals surface area contributed by atoms with Crippen molar-refractivity contribution in [3.05, 3.63) is 57.3 Å². The summed E-state index contributed by atoms with van der Waals surface area (Å²) in [4.78, 5) is 2.39. The molecule has 1 unspecified atom stereocenters. The van der Waals surface area contributed by atoms with Crippen molar-refractivity contribution < 1.29 is 8.78 Å². The van der Waals surface area contributed by atoms with Gasteiger partial charge >= 0.3 is 0 Å². The van der Waals surface area contributed by atoms with Crippen LogP contribution in [0.4, 0.5) is 8.78 Å². The normalized spacial score (nSPS) is 13.4. The average Bonchev–Trinajstić information content (AvgIpc) is 2.76. The first kappa shape index (κ1) is 15.1. The Kier molecular flexibility index (Phi) is 4.55. The molecule has 20 heavy (non-hydrogen) atoms. The molecule has 0 radical (unpaired) electrons. The van der Waals surface area contributed by atoms with E-state index in [1.165, 1.54) is 21.9 Å². The second-order valence-electron chi connectivity index (χ2n) is 5.04. The first-order chi connectivity index (χ1) is 9.40. The minimum atomic E-state index is -2.85. The molecule has 1 aromatic carbocycles. The smallest absolute Gasteiger partial charge is 0.285 e. The van der Waals surface area contributed by atoms with Crippen molar-refractivity contribution in [3.63, 3.8) is 0 Å². The maximum atomic E-state index is 14.1. The summed E-state index contributed by atoms with van der Waals surface area (Å²) in [7, 11) is 0. The molecule has 4 heteroatoms. The summed E-state index contributed by atoms with van der Waals surface area (Å²) >= 11 is 1.70. The fourth-order valence-corrected chi connectivity index (χ4v) is 3.28. The van der Waals surface area contributed by atoms with Gasteiger partial charge < -0.3 is 5.32 Å². The van der Waals surface area contributed by atoms with E-state index < -0.39 is 5.92 Å². The van der Waals surface area contributed by atoms with Crippen molar-refractivity contribution in [1.82, 2.24) is 5.32 Å². The van der Waals surface area contributed by atoms with Crippen LogP contribution in [-0.2, 0) is 5.92 Å². The lowest BCUT2D eigenvalue weighted by molar-refractivity contribution is -0.00534. The molecule has 1 N–H and O–H groups in total. The summed E-state index contributed by atoms with van der Waals surface area (Å²) < 4.78 is 28.2. The van der Waals surface area contributed by atoms with E-state index in [0.717, 1.165) is 5.56 Å². The van der Waals surface area contributed by atoms with Crippen LogP contribution < -0.4 is 5.32 Å². The van der Waals surface area contributed by atoms with Crippen LogP contribution in [0.3, 0.4) is 0 Å². The maximum Gasteiger partial charge on any atom is 0.285 e. The largest absolute Gasteiger partial charge is 0.304 e. The van der Waals surface area contributed by atoms with E-state index in [1.807, 2.05) is 20.8 Å². The van der Waals surface area contributed by atoms with Crippen LogP contribution in [0, 0.1) is 13.8 Å². The molecule has 0 bridgehead atoms. The van der Waals surface area contributed by atoms with Gasteiger partial charge in [-0.2, -0.15) is 8.78 Å². The van der Waals surface area contributed by atoms with Crippen LogP contribution in [0.25, 0.3) is 0 Å². The summed E-state index contributed by atoms with van der Waals surface area (Å²) in [5.41, 5.74) is 1.16. The number of alkyl halides is 2. The van der Waals surface area contributed by atoms with E-state index in [9.17, 15) is 8.78 Å². The number of hydrogen-bond acceptors (Lipinski definition) is 2. The molecular weight excluding hydrogens is 276 g/mol. The van der Waals surface area contributed by atoms with Crippen molar-refractivity contribution in [2.24, 2.45) is 0 Å². The molecular formula is C16H19F2NS. The first-order valence-electron chi connectivity index (χ1n) is 6.64. The molecule has 1 heterocycles. The summed E-state index contributed by atoms with van der Waals surface area (Å²) in [6, 6.07) is 9.94. The number of halogens is 2. The first-order valence-corrected chi connectivity index (χ1v) is 7.45. The summed E-state index contributed by atoms with van der Waals surface area (Å²) in [5.74, 6) is -2.85. The lowest BCUT2D eigenvalue weighted by Gasteiger charge is -2.21. The molecule has 0 saturated carbocycles. The second-order valence-corrected chi connectivity index (χ2v) is 6.50.